The summed E-state index contributed by atoms with van der Waals surface area (Å²) in [4.78, 5) is 12.4. The number of hydrogen-bond donors (Lipinski definition) is 3. The van der Waals surface area contributed by atoms with Crippen molar-refractivity contribution >= 4 is 33.0 Å². The van der Waals surface area contributed by atoms with Crippen LogP contribution in [0.2, 0.25) is 0 Å². The molecule has 0 radical (unpaired) electrons. The monoisotopic (exact) mass is 296 g/mol. The van der Waals surface area contributed by atoms with Gasteiger partial charge in [0.1, 0.15) is 10.7 Å². The lowest BCUT2D eigenvalue weighted by molar-refractivity contribution is 0.0916. The Labute approximate surface area is 120 Å². The number of anilines is 1. The fourth-order valence-electron chi connectivity index (χ4n) is 1.75. The quantitative estimate of drug-likeness (QED) is 0.811. The van der Waals surface area contributed by atoms with Crippen molar-refractivity contribution in [3.05, 3.63) is 28.9 Å². The molecule has 6 heteroatoms. The molecule has 4 N–H and O–H groups in total. The van der Waals surface area contributed by atoms with Gasteiger partial charge in [-0.1, -0.05) is 19.9 Å². The molecule has 108 valence electrons. The van der Waals surface area contributed by atoms with Crippen molar-refractivity contribution in [2.24, 2.45) is 5.41 Å². The third-order valence-electron chi connectivity index (χ3n) is 3.06. The Bertz CT molecular complexity index is 652. The molecular formula is C14H17FN2O2S. The van der Waals surface area contributed by atoms with E-state index in [4.69, 9.17) is 10.8 Å². The molecule has 20 heavy (non-hydrogen) atoms. The van der Waals surface area contributed by atoms with Gasteiger partial charge in [-0.25, -0.2) is 4.39 Å². The van der Waals surface area contributed by atoms with Crippen molar-refractivity contribution in [1.29, 1.82) is 0 Å². The number of carbonyl (C=O) groups is 1. The van der Waals surface area contributed by atoms with Gasteiger partial charge in [-0.3, -0.25) is 4.79 Å². The summed E-state index contributed by atoms with van der Waals surface area (Å²) < 4.78 is 14.4. The number of nitrogens with one attached hydrogen (secondary N) is 1. The highest BCUT2D eigenvalue weighted by Gasteiger charge is 2.22. The molecular weight excluding hydrogens is 279 g/mol. The van der Waals surface area contributed by atoms with Crippen LogP contribution in [0, 0.1) is 11.2 Å². The maximum atomic E-state index is 13.7. The fraction of sp³-hybridized carbons (Fsp3) is 0.357. The van der Waals surface area contributed by atoms with E-state index in [1.54, 1.807) is 12.1 Å². The van der Waals surface area contributed by atoms with Gasteiger partial charge in [0.15, 0.2) is 0 Å². The number of aliphatic hydroxyl groups is 1. The molecule has 0 unspecified atom stereocenters. The molecule has 1 heterocycles. The minimum atomic E-state index is -0.425. The summed E-state index contributed by atoms with van der Waals surface area (Å²) in [6.45, 7) is 3.95. The molecule has 0 fully saturated rings. The number of nitrogen functional groups attached to an aromatic ring is 1. The molecule has 2 aromatic rings. The molecule has 1 aromatic heterocycles. The zero-order chi connectivity index (χ0) is 14.9. The Kier molecular flexibility index (Phi) is 3.96. The van der Waals surface area contributed by atoms with Gasteiger partial charge in [-0.05, 0) is 12.1 Å². The van der Waals surface area contributed by atoms with Crippen LogP contribution in [0.15, 0.2) is 18.2 Å². The van der Waals surface area contributed by atoms with E-state index in [9.17, 15) is 9.18 Å². The zero-order valence-electron chi connectivity index (χ0n) is 11.4. The predicted molar refractivity (Wildman–Crippen MR) is 79.4 cm³/mol. The molecule has 0 saturated carbocycles. The lowest BCUT2D eigenvalue weighted by Crippen LogP contribution is -2.35. The van der Waals surface area contributed by atoms with Crippen LogP contribution in [0.3, 0.4) is 0 Å². The average Bonchev–Trinajstić information content (AvgIpc) is 2.75. The number of benzene rings is 1. The van der Waals surface area contributed by atoms with E-state index < -0.39 is 11.2 Å². The molecule has 0 bridgehead atoms. The molecule has 1 amide bonds. The van der Waals surface area contributed by atoms with Crippen LogP contribution in [0.5, 0.6) is 0 Å². The normalized spacial score (nSPS) is 11.8. The van der Waals surface area contributed by atoms with Gasteiger partial charge < -0.3 is 16.2 Å². The number of thiophene rings is 1. The SMILES string of the molecule is CC(C)(CO)CNC(=O)c1sc2cccc(F)c2c1N. The van der Waals surface area contributed by atoms with Crippen molar-refractivity contribution in [1.82, 2.24) is 5.32 Å². The zero-order valence-corrected chi connectivity index (χ0v) is 12.2. The first-order valence-electron chi connectivity index (χ1n) is 6.21. The smallest absolute Gasteiger partial charge is 0.263 e. The Hall–Kier alpha value is -1.66. The second-order valence-corrected chi connectivity index (χ2v) is 6.52. The third kappa shape index (κ3) is 2.76. The van der Waals surface area contributed by atoms with Gasteiger partial charge in [0.2, 0.25) is 0 Å². The lowest BCUT2D eigenvalue weighted by Gasteiger charge is -2.21. The molecule has 0 saturated heterocycles. The van der Waals surface area contributed by atoms with Crippen LogP contribution in [0.1, 0.15) is 23.5 Å². The first-order valence-corrected chi connectivity index (χ1v) is 7.03. The lowest BCUT2D eigenvalue weighted by atomic mass is 9.95. The number of carbonyl (C=O) groups excluding carboxylic acids is 1. The summed E-state index contributed by atoms with van der Waals surface area (Å²) in [5.74, 6) is -0.768. The number of nitrogens with two attached hydrogens (primary N) is 1. The van der Waals surface area contributed by atoms with Gasteiger partial charge in [-0.2, -0.15) is 0 Å². The topological polar surface area (TPSA) is 75.3 Å². The maximum Gasteiger partial charge on any atom is 0.263 e. The van der Waals surface area contributed by atoms with Crippen molar-refractivity contribution in [2.75, 3.05) is 18.9 Å². The Morgan fingerprint density at radius 3 is 2.80 bits per heavy atom. The van der Waals surface area contributed by atoms with E-state index in [-0.39, 0.29) is 18.2 Å². The van der Waals surface area contributed by atoms with Gasteiger partial charge in [0.05, 0.1) is 11.1 Å². The number of aliphatic hydroxyl groups excluding tert-OH is 1. The van der Waals surface area contributed by atoms with Crippen LogP contribution in [0.25, 0.3) is 10.1 Å². The number of halogens is 1. The molecule has 0 aliphatic carbocycles. The third-order valence-corrected chi connectivity index (χ3v) is 4.23. The summed E-state index contributed by atoms with van der Waals surface area (Å²) in [5, 5.41) is 12.2. The van der Waals surface area contributed by atoms with Crippen LogP contribution in [-0.2, 0) is 0 Å². The van der Waals surface area contributed by atoms with E-state index in [0.717, 1.165) is 11.3 Å². The van der Waals surface area contributed by atoms with E-state index in [1.165, 1.54) is 6.07 Å². The van der Waals surface area contributed by atoms with Gasteiger partial charge in [0.25, 0.3) is 5.91 Å². The number of amides is 1. The van der Waals surface area contributed by atoms with Crippen LogP contribution in [-0.4, -0.2) is 24.2 Å². The summed E-state index contributed by atoms with van der Waals surface area (Å²) >= 11 is 1.16. The van der Waals surface area contributed by atoms with E-state index in [1.807, 2.05) is 13.8 Å². The minimum absolute atomic E-state index is 0.0379. The molecule has 0 aliphatic heterocycles. The average molecular weight is 296 g/mol. The van der Waals surface area contributed by atoms with Crippen molar-refractivity contribution < 1.29 is 14.3 Å². The second kappa shape index (κ2) is 5.38. The molecule has 0 spiro atoms. The minimum Gasteiger partial charge on any atom is -0.397 e. The Morgan fingerprint density at radius 2 is 2.20 bits per heavy atom. The highest BCUT2D eigenvalue weighted by molar-refractivity contribution is 7.21. The van der Waals surface area contributed by atoms with Gasteiger partial charge >= 0.3 is 0 Å². The largest absolute Gasteiger partial charge is 0.397 e. The highest BCUT2D eigenvalue weighted by Crippen LogP contribution is 2.35. The Morgan fingerprint density at radius 1 is 1.50 bits per heavy atom. The van der Waals surface area contributed by atoms with Gasteiger partial charge in [0, 0.05) is 23.3 Å². The fourth-order valence-corrected chi connectivity index (χ4v) is 2.81. The van der Waals surface area contributed by atoms with E-state index in [0.29, 0.717) is 21.5 Å². The standard InChI is InChI=1S/C14H17FN2O2S/c1-14(2,7-18)6-17-13(19)12-11(16)10-8(15)4-3-5-9(10)20-12/h3-5,18H,6-7,16H2,1-2H3,(H,17,19). The second-order valence-electron chi connectivity index (χ2n) is 5.46. The van der Waals surface area contributed by atoms with Gasteiger partial charge in [-0.15, -0.1) is 11.3 Å². The first-order chi connectivity index (χ1) is 9.35. The number of hydrogen-bond acceptors (Lipinski definition) is 4. The molecule has 2 rings (SSSR count). The summed E-state index contributed by atoms with van der Waals surface area (Å²) in [5.41, 5.74) is 5.63. The summed E-state index contributed by atoms with van der Waals surface area (Å²) in [7, 11) is 0. The first kappa shape index (κ1) is 14.7. The van der Waals surface area contributed by atoms with Crippen molar-refractivity contribution in [2.45, 2.75) is 13.8 Å². The van der Waals surface area contributed by atoms with E-state index >= 15 is 0 Å². The summed E-state index contributed by atoms with van der Waals surface area (Å²) in [6.07, 6.45) is 0. The van der Waals surface area contributed by atoms with Crippen molar-refractivity contribution in [3.63, 3.8) is 0 Å². The number of rotatable bonds is 4. The van der Waals surface area contributed by atoms with Crippen LogP contribution in [0.4, 0.5) is 10.1 Å². The van der Waals surface area contributed by atoms with Crippen molar-refractivity contribution in [3.8, 4) is 0 Å². The van der Waals surface area contributed by atoms with Crippen LogP contribution < -0.4 is 11.1 Å². The predicted octanol–water partition coefficient (Wildman–Crippen LogP) is 2.37. The van der Waals surface area contributed by atoms with E-state index in [2.05, 4.69) is 5.32 Å². The summed E-state index contributed by atoms with van der Waals surface area (Å²) in [6, 6.07) is 4.64. The molecule has 4 nitrogen and oxygen atoms in total. The van der Waals surface area contributed by atoms with Crippen LogP contribution >= 0.6 is 11.3 Å². The highest BCUT2D eigenvalue weighted by atomic mass is 32.1. The maximum absolute atomic E-state index is 13.7. The Balaban J connectivity index is 2.27. The molecule has 0 atom stereocenters. The number of fused-ring (bicyclic) bond motifs is 1. The molecule has 0 aliphatic rings. The molecule has 1 aromatic carbocycles.